The number of hydrogen-bond acceptors (Lipinski definition) is 4. The average molecular weight is 253 g/mol. The van der Waals surface area contributed by atoms with Crippen LogP contribution in [0.4, 0.5) is 0 Å². The van der Waals surface area contributed by atoms with E-state index < -0.39 is 0 Å². The summed E-state index contributed by atoms with van der Waals surface area (Å²) in [5.41, 5.74) is 2.51. The molecule has 17 heavy (non-hydrogen) atoms. The number of hydrogen-bond donors (Lipinski definition) is 2. The molecule has 0 aromatic heterocycles. The Morgan fingerprint density at radius 3 is 2.65 bits per heavy atom. The topological polar surface area (TPSA) is 30.5 Å². The Labute approximate surface area is 108 Å². The predicted molar refractivity (Wildman–Crippen MR) is 72.3 cm³/mol. The standard InChI is InChI=1S/C13H19NO2S/c1-10-7-12-13(16-5-4-15-12)8-11(10)9-14-3-2-6-17/h7-8,14,17H,2-6,9H2,1H3. The number of nitrogens with one attached hydrogen (secondary N) is 1. The quantitative estimate of drug-likeness (QED) is 0.623. The van der Waals surface area contributed by atoms with Crippen molar-refractivity contribution in [1.82, 2.24) is 5.32 Å². The lowest BCUT2D eigenvalue weighted by Gasteiger charge is -2.20. The molecule has 1 aromatic carbocycles. The Bertz CT molecular complexity index is 382. The van der Waals surface area contributed by atoms with Crippen LogP contribution in [0.5, 0.6) is 11.5 Å². The van der Waals surface area contributed by atoms with Gasteiger partial charge in [-0.1, -0.05) is 0 Å². The smallest absolute Gasteiger partial charge is 0.161 e. The number of thiol groups is 1. The number of aryl methyl sites for hydroxylation is 1. The first-order valence-corrected chi connectivity index (χ1v) is 6.65. The van der Waals surface area contributed by atoms with Crippen LogP contribution < -0.4 is 14.8 Å². The zero-order valence-electron chi connectivity index (χ0n) is 10.2. The molecule has 0 unspecified atom stereocenters. The molecular formula is C13H19NO2S. The van der Waals surface area contributed by atoms with Crippen LogP contribution in [0.1, 0.15) is 17.5 Å². The van der Waals surface area contributed by atoms with Crippen LogP contribution in [0.2, 0.25) is 0 Å². The van der Waals surface area contributed by atoms with Gasteiger partial charge in [-0.2, -0.15) is 12.6 Å². The lowest BCUT2D eigenvalue weighted by atomic mass is 10.1. The van der Waals surface area contributed by atoms with Crippen LogP contribution >= 0.6 is 12.6 Å². The van der Waals surface area contributed by atoms with Crippen LogP contribution in [-0.4, -0.2) is 25.5 Å². The number of rotatable bonds is 5. The monoisotopic (exact) mass is 253 g/mol. The SMILES string of the molecule is Cc1cc2c(cc1CNCCCS)OCCO2. The van der Waals surface area contributed by atoms with Gasteiger partial charge in [-0.25, -0.2) is 0 Å². The molecule has 1 aliphatic rings. The molecular weight excluding hydrogens is 234 g/mol. The Morgan fingerprint density at radius 2 is 1.94 bits per heavy atom. The van der Waals surface area contributed by atoms with E-state index in [0.29, 0.717) is 13.2 Å². The Morgan fingerprint density at radius 1 is 1.24 bits per heavy atom. The average Bonchev–Trinajstić information content (AvgIpc) is 2.35. The molecule has 1 N–H and O–H groups in total. The summed E-state index contributed by atoms with van der Waals surface area (Å²) in [4.78, 5) is 0. The molecule has 1 aliphatic heterocycles. The fourth-order valence-electron chi connectivity index (χ4n) is 1.85. The lowest BCUT2D eigenvalue weighted by molar-refractivity contribution is 0.171. The van der Waals surface area contributed by atoms with Crippen LogP contribution in [0.3, 0.4) is 0 Å². The van der Waals surface area contributed by atoms with Gasteiger partial charge >= 0.3 is 0 Å². The molecule has 0 radical (unpaired) electrons. The highest BCUT2D eigenvalue weighted by atomic mass is 32.1. The molecule has 2 rings (SSSR count). The lowest BCUT2D eigenvalue weighted by Crippen LogP contribution is -2.18. The van der Waals surface area contributed by atoms with E-state index in [-0.39, 0.29) is 0 Å². The number of fused-ring (bicyclic) bond motifs is 1. The summed E-state index contributed by atoms with van der Waals surface area (Å²) in [6, 6.07) is 4.14. The Hall–Kier alpha value is -0.870. The molecule has 0 saturated carbocycles. The minimum Gasteiger partial charge on any atom is -0.486 e. The number of benzene rings is 1. The van der Waals surface area contributed by atoms with E-state index in [0.717, 1.165) is 36.8 Å². The van der Waals surface area contributed by atoms with Gasteiger partial charge in [0.2, 0.25) is 0 Å². The summed E-state index contributed by atoms with van der Waals surface area (Å²) in [6.45, 7) is 5.26. The van der Waals surface area contributed by atoms with Gasteiger partial charge < -0.3 is 14.8 Å². The summed E-state index contributed by atoms with van der Waals surface area (Å²) in [7, 11) is 0. The first-order valence-electron chi connectivity index (χ1n) is 6.02. The zero-order valence-corrected chi connectivity index (χ0v) is 11.1. The third-order valence-corrected chi connectivity index (χ3v) is 3.14. The fraction of sp³-hybridized carbons (Fsp3) is 0.538. The van der Waals surface area contributed by atoms with E-state index in [1.807, 2.05) is 0 Å². The first-order chi connectivity index (χ1) is 8.31. The first kappa shape index (κ1) is 12.6. The molecule has 3 nitrogen and oxygen atoms in total. The Kier molecular flexibility index (Phi) is 4.57. The molecule has 94 valence electrons. The highest BCUT2D eigenvalue weighted by Gasteiger charge is 2.13. The minimum atomic E-state index is 0.641. The van der Waals surface area contributed by atoms with Gasteiger partial charge in [0, 0.05) is 6.54 Å². The highest BCUT2D eigenvalue weighted by molar-refractivity contribution is 7.80. The second kappa shape index (κ2) is 6.17. The van der Waals surface area contributed by atoms with Crippen molar-refractivity contribution in [2.45, 2.75) is 19.9 Å². The van der Waals surface area contributed by atoms with Crippen molar-refractivity contribution in [3.63, 3.8) is 0 Å². The fourth-order valence-corrected chi connectivity index (χ4v) is 2.01. The normalized spacial score (nSPS) is 13.8. The Balaban J connectivity index is 2.01. The number of ether oxygens (including phenoxy) is 2. The molecule has 0 spiro atoms. The van der Waals surface area contributed by atoms with Crippen molar-refractivity contribution in [1.29, 1.82) is 0 Å². The van der Waals surface area contributed by atoms with Crippen molar-refractivity contribution >= 4 is 12.6 Å². The van der Waals surface area contributed by atoms with Crippen LogP contribution in [0, 0.1) is 6.92 Å². The van der Waals surface area contributed by atoms with Crippen molar-refractivity contribution in [3.05, 3.63) is 23.3 Å². The summed E-state index contributed by atoms with van der Waals surface area (Å²) >= 11 is 4.19. The van der Waals surface area contributed by atoms with Crippen molar-refractivity contribution in [3.8, 4) is 11.5 Å². The molecule has 1 heterocycles. The van der Waals surface area contributed by atoms with E-state index in [1.54, 1.807) is 0 Å². The molecule has 0 aliphatic carbocycles. The van der Waals surface area contributed by atoms with Crippen molar-refractivity contribution in [2.75, 3.05) is 25.5 Å². The summed E-state index contributed by atoms with van der Waals surface area (Å²) in [5.74, 6) is 2.66. The van der Waals surface area contributed by atoms with Gasteiger partial charge in [0.05, 0.1) is 0 Å². The predicted octanol–water partition coefficient (Wildman–Crippen LogP) is 2.18. The van der Waals surface area contributed by atoms with Gasteiger partial charge in [-0.05, 0) is 48.9 Å². The summed E-state index contributed by atoms with van der Waals surface area (Å²) in [6.07, 6.45) is 1.09. The summed E-state index contributed by atoms with van der Waals surface area (Å²) in [5, 5.41) is 3.40. The van der Waals surface area contributed by atoms with Crippen LogP contribution in [-0.2, 0) is 6.54 Å². The molecule has 0 amide bonds. The van der Waals surface area contributed by atoms with E-state index in [9.17, 15) is 0 Å². The molecule has 1 aromatic rings. The minimum absolute atomic E-state index is 0.641. The molecule has 0 atom stereocenters. The van der Waals surface area contributed by atoms with Crippen LogP contribution in [0.25, 0.3) is 0 Å². The molecule has 0 bridgehead atoms. The second-order valence-corrected chi connectivity index (χ2v) is 4.62. The maximum Gasteiger partial charge on any atom is 0.161 e. The van der Waals surface area contributed by atoms with E-state index in [2.05, 4.69) is 37.0 Å². The largest absolute Gasteiger partial charge is 0.486 e. The second-order valence-electron chi connectivity index (χ2n) is 4.18. The van der Waals surface area contributed by atoms with Crippen molar-refractivity contribution in [2.24, 2.45) is 0 Å². The van der Waals surface area contributed by atoms with E-state index >= 15 is 0 Å². The van der Waals surface area contributed by atoms with E-state index in [4.69, 9.17) is 9.47 Å². The van der Waals surface area contributed by atoms with Gasteiger partial charge in [0.15, 0.2) is 11.5 Å². The molecule has 0 fully saturated rings. The maximum absolute atomic E-state index is 5.58. The third-order valence-electron chi connectivity index (χ3n) is 2.83. The molecule has 4 heteroatoms. The third kappa shape index (κ3) is 3.30. The van der Waals surface area contributed by atoms with Gasteiger partial charge in [0.1, 0.15) is 13.2 Å². The highest BCUT2D eigenvalue weighted by Crippen LogP contribution is 2.32. The van der Waals surface area contributed by atoms with Gasteiger partial charge in [-0.3, -0.25) is 0 Å². The summed E-state index contributed by atoms with van der Waals surface area (Å²) < 4.78 is 11.1. The van der Waals surface area contributed by atoms with Gasteiger partial charge in [-0.15, -0.1) is 0 Å². The van der Waals surface area contributed by atoms with E-state index in [1.165, 1.54) is 11.1 Å². The maximum atomic E-state index is 5.58. The van der Waals surface area contributed by atoms with Crippen LogP contribution in [0.15, 0.2) is 12.1 Å². The van der Waals surface area contributed by atoms with Crippen molar-refractivity contribution < 1.29 is 9.47 Å². The van der Waals surface area contributed by atoms with Gasteiger partial charge in [0.25, 0.3) is 0 Å². The zero-order chi connectivity index (χ0) is 12.1. The molecule has 0 saturated heterocycles.